The smallest absolute Gasteiger partial charge is 0.286 e. The van der Waals surface area contributed by atoms with Gasteiger partial charge in [0.25, 0.3) is 5.97 Å². The standard InChI is InChI=1S/C22H46O6/c1-6-8-9-10-11-12-14-21(13-7-2)22(26-18-15-23-3,27-19-16-24-4)28-20-17-25-5/h21H,6-20H2,1-5H3. The fourth-order valence-corrected chi connectivity index (χ4v) is 3.30. The second-order valence-electron chi connectivity index (χ2n) is 7.17. The molecule has 0 spiro atoms. The average Bonchev–Trinajstić information content (AvgIpc) is 2.70. The molecule has 1 unspecified atom stereocenters. The molecule has 0 aliphatic heterocycles. The van der Waals surface area contributed by atoms with Crippen LogP contribution in [-0.2, 0) is 28.4 Å². The largest absolute Gasteiger partial charge is 0.382 e. The van der Waals surface area contributed by atoms with Crippen molar-refractivity contribution in [2.24, 2.45) is 5.92 Å². The highest BCUT2D eigenvalue weighted by atomic mass is 16.9. The Morgan fingerprint density at radius 3 is 1.43 bits per heavy atom. The number of methoxy groups -OCH3 is 3. The van der Waals surface area contributed by atoms with Gasteiger partial charge in [-0.2, -0.15) is 0 Å². The molecule has 0 fully saturated rings. The minimum absolute atomic E-state index is 0.161. The molecule has 0 aromatic rings. The summed E-state index contributed by atoms with van der Waals surface area (Å²) in [6.45, 7) is 7.21. The van der Waals surface area contributed by atoms with E-state index in [1.165, 1.54) is 32.1 Å². The van der Waals surface area contributed by atoms with Gasteiger partial charge in [-0.15, -0.1) is 0 Å². The summed E-state index contributed by atoms with van der Waals surface area (Å²) in [5.41, 5.74) is 0. The summed E-state index contributed by atoms with van der Waals surface area (Å²) in [6, 6.07) is 0. The minimum atomic E-state index is -1.07. The lowest BCUT2D eigenvalue weighted by atomic mass is 9.93. The summed E-state index contributed by atoms with van der Waals surface area (Å²) in [4.78, 5) is 0. The first kappa shape index (κ1) is 27.8. The molecule has 0 amide bonds. The third kappa shape index (κ3) is 13.1. The molecule has 0 aromatic carbocycles. The molecular weight excluding hydrogens is 360 g/mol. The predicted octanol–water partition coefficient (Wildman–Crippen LogP) is 4.80. The highest BCUT2D eigenvalue weighted by molar-refractivity contribution is 4.73. The molecule has 0 radical (unpaired) electrons. The van der Waals surface area contributed by atoms with Crippen LogP contribution in [0.4, 0.5) is 0 Å². The molecule has 6 nitrogen and oxygen atoms in total. The van der Waals surface area contributed by atoms with Crippen LogP contribution in [0.5, 0.6) is 0 Å². The van der Waals surface area contributed by atoms with Gasteiger partial charge in [0.1, 0.15) is 0 Å². The van der Waals surface area contributed by atoms with Gasteiger partial charge in [-0.05, 0) is 12.8 Å². The van der Waals surface area contributed by atoms with Gasteiger partial charge >= 0.3 is 0 Å². The van der Waals surface area contributed by atoms with E-state index in [9.17, 15) is 0 Å². The molecule has 1 atom stereocenters. The van der Waals surface area contributed by atoms with Crippen molar-refractivity contribution < 1.29 is 28.4 Å². The molecule has 0 heterocycles. The molecule has 0 saturated heterocycles. The fourth-order valence-electron chi connectivity index (χ4n) is 3.30. The van der Waals surface area contributed by atoms with Crippen LogP contribution in [0.3, 0.4) is 0 Å². The second-order valence-corrected chi connectivity index (χ2v) is 7.17. The highest BCUT2D eigenvalue weighted by Gasteiger charge is 2.42. The lowest BCUT2D eigenvalue weighted by Gasteiger charge is -2.39. The molecule has 0 N–H and O–H groups in total. The predicted molar refractivity (Wildman–Crippen MR) is 113 cm³/mol. The number of ether oxygens (including phenoxy) is 6. The second kappa shape index (κ2) is 20.0. The van der Waals surface area contributed by atoms with E-state index in [2.05, 4.69) is 13.8 Å². The normalized spacial score (nSPS) is 13.2. The van der Waals surface area contributed by atoms with Gasteiger partial charge in [0.15, 0.2) is 0 Å². The fraction of sp³-hybridized carbons (Fsp3) is 1.00. The Morgan fingerprint density at radius 2 is 1.00 bits per heavy atom. The van der Waals surface area contributed by atoms with Crippen molar-refractivity contribution in [3.8, 4) is 0 Å². The van der Waals surface area contributed by atoms with Gasteiger partial charge in [0.05, 0.1) is 39.6 Å². The van der Waals surface area contributed by atoms with E-state index in [0.29, 0.717) is 39.6 Å². The number of hydrogen-bond donors (Lipinski definition) is 0. The summed E-state index contributed by atoms with van der Waals surface area (Å²) < 4.78 is 34.1. The van der Waals surface area contributed by atoms with E-state index in [1.54, 1.807) is 21.3 Å². The lowest BCUT2D eigenvalue weighted by molar-refractivity contribution is -0.410. The quantitative estimate of drug-likeness (QED) is 0.190. The zero-order chi connectivity index (χ0) is 20.9. The maximum Gasteiger partial charge on any atom is 0.286 e. The Balaban J connectivity index is 5.08. The summed E-state index contributed by atoms with van der Waals surface area (Å²) in [5, 5.41) is 0. The van der Waals surface area contributed by atoms with Crippen LogP contribution in [0.15, 0.2) is 0 Å². The molecule has 0 saturated carbocycles. The van der Waals surface area contributed by atoms with Crippen molar-refractivity contribution in [2.45, 2.75) is 77.6 Å². The Kier molecular flexibility index (Phi) is 19.9. The Bertz CT molecular complexity index is 287. The topological polar surface area (TPSA) is 55.4 Å². The first-order valence-electron chi connectivity index (χ1n) is 11.1. The molecule has 6 heteroatoms. The van der Waals surface area contributed by atoms with Gasteiger partial charge in [-0.3, -0.25) is 0 Å². The molecule has 0 aliphatic rings. The number of unbranched alkanes of at least 4 members (excludes halogenated alkanes) is 5. The number of rotatable bonds is 22. The summed E-state index contributed by atoms with van der Waals surface area (Å²) in [5.74, 6) is -0.913. The molecule has 28 heavy (non-hydrogen) atoms. The molecule has 0 rings (SSSR count). The molecule has 0 bridgehead atoms. The minimum Gasteiger partial charge on any atom is -0.382 e. The van der Waals surface area contributed by atoms with Crippen molar-refractivity contribution in [1.82, 2.24) is 0 Å². The van der Waals surface area contributed by atoms with E-state index in [0.717, 1.165) is 25.7 Å². The van der Waals surface area contributed by atoms with Crippen LogP contribution >= 0.6 is 0 Å². The van der Waals surface area contributed by atoms with Crippen molar-refractivity contribution in [1.29, 1.82) is 0 Å². The zero-order valence-electron chi connectivity index (χ0n) is 19.1. The maximum absolute atomic E-state index is 6.19. The third-order valence-electron chi connectivity index (χ3n) is 4.82. The monoisotopic (exact) mass is 406 g/mol. The number of hydrogen-bond acceptors (Lipinski definition) is 6. The van der Waals surface area contributed by atoms with Crippen molar-refractivity contribution in [3.05, 3.63) is 0 Å². The summed E-state index contributed by atoms with van der Waals surface area (Å²) in [6.07, 6.45) is 10.7. The van der Waals surface area contributed by atoms with E-state index < -0.39 is 5.97 Å². The van der Waals surface area contributed by atoms with Crippen molar-refractivity contribution in [2.75, 3.05) is 61.0 Å². The molecule has 170 valence electrons. The zero-order valence-corrected chi connectivity index (χ0v) is 19.1. The van der Waals surface area contributed by atoms with Gasteiger partial charge in [0.2, 0.25) is 0 Å². The first-order chi connectivity index (χ1) is 13.7. The Hall–Kier alpha value is -0.240. The van der Waals surface area contributed by atoms with Gasteiger partial charge in [-0.25, -0.2) is 0 Å². The SMILES string of the molecule is CCCCCCCCC(CCC)C(OCCOC)(OCCOC)OCCOC. The van der Waals surface area contributed by atoms with Crippen LogP contribution in [0.25, 0.3) is 0 Å². The van der Waals surface area contributed by atoms with Crippen LogP contribution in [0.2, 0.25) is 0 Å². The van der Waals surface area contributed by atoms with Crippen LogP contribution in [0, 0.1) is 5.92 Å². The first-order valence-corrected chi connectivity index (χ1v) is 11.1. The van der Waals surface area contributed by atoms with Crippen molar-refractivity contribution >= 4 is 0 Å². The lowest BCUT2D eigenvalue weighted by Crippen LogP contribution is -2.48. The Labute approximate surface area is 173 Å². The third-order valence-corrected chi connectivity index (χ3v) is 4.82. The van der Waals surface area contributed by atoms with E-state index >= 15 is 0 Å². The maximum atomic E-state index is 6.19. The van der Waals surface area contributed by atoms with Crippen LogP contribution in [-0.4, -0.2) is 66.9 Å². The van der Waals surface area contributed by atoms with E-state index in [4.69, 9.17) is 28.4 Å². The Morgan fingerprint density at radius 1 is 0.536 bits per heavy atom. The summed E-state index contributed by atoms with van der Waals surface area (Å²) >= 11 is 0. The molecule has 0 aromatic heterocycles. The van der Waals surface area contributed by atoms with Crippen LogP contribution < -0.4 is 0 Å². The van der Waals surface area contributed by atoms with E-state index in [1.807, 2.05) is 0 Å². The van der Waals surface area contributed by atoms with Crippen LogP contribution in [0.1, 0.15) is 71.6 Å². The summed E-state index contributed by atoms with van der Waals surface area (Å²) in [7, 11) is 5.01. The molecule has 0 aliphatic carbocycles. The highest BCUT2D eigenvalue weighted by Crippen LogP contribution is 2.34. The molecular formula is C22H46O6. The van der Waals surface area contributed by atoms with Gasteiger partial charge < -0.3 is 28.4 Å². The van der Waals surface area contributed by atoms with E-state index in [-0.39, 0.29) is 5.92 Å². The van der Waals surface area contributed by atoms with Crippen molar-refractivity contribution in [3.63, 3.8) is 0 Å². The van der Waals surface area contributed by atoms with Gasteiger partial charge in [0, 0.05) is 27.2 Å². The van der Waals surface area contributed by atoms with Gasteiger partial charge in [-0.1, -0.05) is 58.8 Å². The average molecular weight is 407 g/mol.